The van der Waals surface area contributed by atoms with Crippen LogP contribution in [0.25, 0.3) is 0 Å². The molecule has 1 saturated heterocycles. The van der Waals surface area contributed by atoms with Gasteiger partial charge in [0.1, 0.15) is 0 Å². The molecule has 1 heterocycles. The Morgan fingerprint density at radius 3 is 2.59 bits per heavy atom. The van der Waals surface area contributed by atoms with E-state index in [9.17, 15) is 4.79 Å². The van der Waals surface area contributed by atoms with Crippen molar-refractivity contribution in [3.05, 3.63) is 36.6 Å². The Kier molecular flexibility index (Phi) is 7.62. The van der Waals surface area contributed by atoms with Crippen molar-refractivity contribution < 1.29 is 4.79 Å². The van der Waals surface area contributed by atoms with Crippen molar-refractivity contribution in [1.82, 2.24) is 10.2 Å². The number of ketones is 1. The molecule has 1 aliphatic heterocycles. The van der Waals surface area contributed by atoms with Gasteiger partial charge in [0.05, 0.1) is 12.6 Å². The van der Waals surface area contributed by atoms with Gasteiger partial charge in [-0.2, -0.15) is 0 Å². The fourth-order valence-corrected chi connectivity index (χ4v) is 10.9. The van der Waals surface area contributed by atoms with E-state index in [4.69, 9.17) is 4.99 Å². The number of carbonyl (C=O) groups excluding carboxylic acids is 1. The van der Waals surface area contributed by atoms with Crippen molar-refractivity contribution in [3.63, 3.8) is 0 Å². The minimum Gasteiger partial charge on any atom is -0.369 e. The summed E-state index contributed by atoms with van der Waals surface area (Å²) in [6.45, 7) is 24.9. The van der Waals surface area contributed by atoms with Crippen molar-refractivity contribution in [2.24, 2.45) is 39.0 Å². The molecule has 39 heavy (non-hydrogen) atoms. The summed E-state index contributed by atoms with van der Waals surface area (Å²) in [5.74, 6) is 2.67. The second kappa shape index (κ2) is 10.3. The van der Waals surface area contributed by atoms with Gasteiger partial charge < -0.3 is 10.2 Å². The number of nitrogens with one attached hydrogen (secondary N) is 1. The highest BCUT2D eigenvalue weighted by Crippen LogP contribution is 2.90. The number of hydrogen-bond donors (Lipinski definition) is 1. The number of nitrogens with zero attached hydrogens (tertiary/aromatic N) is 2. The Hall–Kier alpha value is -1.68. The van der Waals surface area contributed by atoms with Crippen molar-refractivity contribution >= 4 is 11.5 Å². The summed E-state index contributed by atoms with van der Waals surface area (Å²) >= 11 is 0. The fraction of sp³-hybridized carbons (Fsp3) is 0.771. The van der Waals surface area contributed by atoms with Gasteiger partial charge in [0.15, 0.2) is 5.78 Å². The molecule has 0 radical (unpaired) electrons. The van der Waals surface area contributed by atoms with E-state index in [2.05, 4.69) is 77.1 Å². The summed E-state index contributed by atoms with van der Waals surface area (Å²) in [5, 5.41) is 3.37. The van der Waals surface area contributed by atoms with Gasteiger partial charge >= 0.3 is 0 Å². The first-order chi connectivity index (χ1) is 18.5. The smallest absolute Gasteiger partial charge is 0.151 e. The molecule has 4 heteroatoms. The highest BCUT2D eigenvalue weighted by molar-refractivity contribution is 5.86. The first-order valence-electron chi connectivity index (χ1n) is 16.0. The van der Waals surface area contributed by atoms with Crippen LogP contribution in [-0.2, 0) is 4.79 Å². The van der Waals surface area contributed by atoms with Crippen molar-refractivity contribution in [2.75, 3.05) is 19.6 Å². The molecule has 0 aromatic carbocycles. The second-order valence-electron chi connectivity index (χ2n) is 14.8. The number of allylic oxidation sites excluding steroid dienone is 3. The van der Waals surface area contributed by atoms with E-state index < -0.39 is 0 Å². The molecule has 4 nitrogen and oxygen atoms in total. The first-order valence-corrected chi connectivity index (χ1v) is 16.0. The minimum absolute atomic E-state index is 0.00237. The molecule has 216 valence electrons. The molecule has 0 amide bonds. The molecule has 1 spiro atoms. The van der Waals surface area contributed by atoms with Crippen LogP contribution < -0.4 is 5.32 Å². The van der Waals surface area contributed by atoms with Gasteiger partial charge in [-0.25, -0.2) is 0 Å². The van der Waals surface area contributed by atoms with E-state index in [1.807, 2.05) is 0 Å². The third-order valence-corrected chi connectivity index (χ3v) is 12.2. The number of fused-ring (bicyclic) bond motifs is 2. The van der Waals surface area contributed by atoms with E-state index in [0.717, 1.165) is 37.0 Å². The van der Waals surface area contributed by atoms with Crippen LogP contribution in [0.15, 0.2) is 41.6 Å². The van der Waals surface area contributed by atoms with Crippen molar-refractivity contribution in [1.29, 1.82) is 0 Å². The summed E-state index contributed by atoms with van der Waals surface area (Å²) in [4.78, 5) is 19.8. The van der Waals surface area contributed by atoms with Gasteiger partial charge in [0.2, 0.25) is 0 Å². The quantitative estimate of drug-likeness (QED) is 0.295. The zero-order valence-electron chi connectivity index (χ0n) is 25.9. The van der Waals surface area contributed by atoms with Crippen LogP contribution in [0.4, 0.5) is 0 Å². The van der Waals surface area contributed by atoms with E-state index in [0.29, 0.717) is 40.9 Å². The number of Topliss-reactive ketones (excluding diaryl/α,β-unsaturated/α-hetero) is 1. The zero-order valence-corrected chi connectivity index (χ0v) is 25.9. The lowest BCUT2D eigenvalue weighted by Gasteiger charge is -2.45. The van der Waals surface area contributed by atoms with Gasteiger partial charge in [0.25, 0.3) is 0 Å². The second-order valence-corrected chi connectivity index (χ2v) is 14.8. The lowest BCUT2D eigenvalue weighted by atomic mass is 9.59. The Labute approximate surface area is 238 Å². The van der Waals surface area contributed by atoms with Crippen LogP contribution in [0.5, 0.6) is 0 Å². The van der Waals surface area contributed by atoms with Crippen LogP contribution in [0.3, 0.4) is 0 Å². The van der Waals surface area contributed by atoms with Gasteiger partial charge in [-0.15, -0.1) is 0 Å². The van der Waals surface area contributed by atoms with Crippen LogP contribution in [0, 0.1) is 34.0 Å². The lowest BCUT2D eigenvalue weighted by Crippen LogP contribution is -2.44. The molecule has 0 bridgehead atoms. The molecular weight excluding hydrogens is 478 g/mol. The molecule has 5 aliphatic rings. The molecular formula is C35H55N3O. The number of carbonyl (C=O) groups is 1. The number of rotatable bonds is 10. The molecule has 4 saturated carbocycles. The van der Waals surface area contributed by atoms with Crippen molar-refractivity contribution in [3.8, 4) is 0 Å². The lowest BCUT2D eigenvalue weighted by molar-refractivity contribution is -0.118. The molecule has 1 N–H and O–H groups in total. The van der Waals surface area contributed by atoms with Gasteiger partial charge in [-0.3, -0.25) is 9.79 Å². The highest BCUT2D eigenvalue weighted by atomic mass is 16.1. The predicted octanol–water partition coefficient (Wildman–Crippen LogP) is 7.52. The van der Waals surface area contributed by atoms with Gasteiger partial charge in [-0.1, -0.05) is 51.2 Å². The zero-order chi connectivity index (χ0) is 28.2. The summed E-state index contributed by atoms with van der Waals surface area (Å²) in [6.07, 6.45) is 16.7. The third kappa shape index (κ3) is 4.34. The van der Waals surface area contributed by atoms with E-state index in [-0.39, 0.29) is 11.6 Å². The summed E-state index contributed by atoms with van der Waals surface area (Å²) in [7, 11) is 0. The van der Waals surface area contributed by atoms with E-state index >= 15 is 0 Å². The monoisotopic (exact) mass is 533 g/mol. The predicted molar refractivity (Wildman–Crippen MR) is 164 cm³/mol. The summed E-state index contributed by atoms with van der Waals surface area (Å²) in [5.41, 5.74) is 5.48. The van der Waals surface area contributed by atoms with E-state index in [1.165, 1.54) is 57.1 Å². The maximum atomic E-state index is 12.2. The normalized spacial score (nSPS) is 40.4. The highest BCUT2D eigenvalue weighted by Gasteiger charge is 2.84. The van der Waals surface area contributed by atoms with Crippen LogP contribution in [0.1, 0.15) is 106 Å². The largest absolute Gasteiger partial charge is 0.369 e. The average Bonchev–Trinajstić information content (AvgIpc) is 3.22. The molecule has 5 rings (SSSR count). The Bertz CT molecular complexity index is 1060. The number of hydrogen-bond acceptors (Lipinski definition) is 4. The van der Waals surface area contributed by atoms with Gasteiger partial charge in [-0.05, 0) is 102 Å². The van der Waals surface area contributed by atoms with Gasteiger partial charge in [0, 0.05) is 47.8 Å². The summed E-state index contributed by atoms with van der Waals surface area (Å²) in [6, 6.07) is -0.00237. The van der Waals surface area contributed by atoms with Crippen LogP contribution >= 0.6 is 0 Å². The fourth-order valence-electron chi connectivity index (χ4n) is 10.9. The minimum atomic E-state index is -0.0438. The van der Waals surface area contributed by atoms with Crippen LogP contribution in [-0.4, -0.2) is 47.6 Å². The Morgan fingerprint density at radius 2 is 1.95 bits per heavy atom. The van der Waals surface area contributed by atoms with Crippen LogP contribution in [0.2, 0.25) is 0 Å². The molecule has 4 aliphatic carbocycles. The molecule has 7 atom stereocenters. The SMILES string of the molecule is C=C/C=C1/CCC23C4CCC(C(C)=NCC(=C)N(CCC5NCCC5=O)C(C)(C)C)C4(C)CCC2C13CCC. The number of aliphatic imine (C=N–C) groups is 1. The molecule has 0 aromatic rings. The van der Waals surface area contributed by atoms with E-state index in [1.54, 1.807) is 5.57 Å². The third-order valence-electron chi connectivity index (χ3n) is 12.2. The Balaban J connectivity index is 1.30. The Morgan fingerprint density at radius 1 is 1.18 bits per heavy atom. The maximum Gasteiger partial charge on any atom is 0.151 e. The maximum absolute atomic E-state index is 12.2. The molecule has 0 aromatic heterocycles. The average molecular weight is 534 g/mol. The van der Waals surface area contributed by atoms with Crippen molar-refractivity contribution in [2.45, 2.75) is 117 Å². The topological polar surface area (TPSA) is 44.7 Å². The first kappa shape index (κ1) is 28.8. The molecule has 7 unspecified atom stereocenters. The summed E-state index contributed by atoms with van der Waals surface area (Å²) < 4.78 is 0. The standard InChI is InChI=1S/C35H55N3O/c1-9-11-26-14-20-35-30-13-12-27(33(30,8)19-15-31(35)34(26,35)18-10-2)25(4)37-23-24(3)38(32(5,6)7)22-17-28-29(39)16-21-36-28/h9,11,27-28,30-31,36H,1,3,10,12-23H2,2,4-8H3/b26-11-,37-25?. The molecule has 5 fully saturated rings.